The van der Waals surface area contributed by atoms with E-state index in [9.17, 15) is 5.11 Å². The van der Waals surface area contributed by atoms with E-state index in [-0.39, 0.29) is 12.6 Å². The van der Waals surface area contributed by atoms with Gasteiger partial charge in [-0.2, -0.15) is 0 Å². The Morgan fingerprint density at radius 2 is 1.96 bits per heavy atom. The Hall–Kier alpha value is -2.26. The van der Waals surface area contributed by atoms with Crippen LogP contribution in [0.3, 0.4) is 0 Å². The second kappa shape index (κ2) is 7.34. The molecule has 0 saturated carbocycles. The van der Waals surface area contributed by atoms with Crippen LogP contribution < -0.4 is 9.64 Å². The van der Waals surface area contributed by atoms with Gasteiger partial charge < -0.3 is 14.7 Å². The van der Waals surface area contributed by atoms with E-state index in [2.05, 4.69) is 47.4 Å². The van der Waals surface area contributed by atoms with Crippen LogP contribution in [0.4, 0.5) is 5.69 Å². The summed E-state index contributed by atoms with van der Waals surface area (Å²) in [4.78, 5) is 2.39. The average molecular weight is 309 g/mol. The van der Waals surface area contributed by atoms with Crippen molar-refractivity contribution in [3.8, 4) is 5.75 Å². The van der Waals surface area contributed by atoms with Gasteiger partial charge in [0.2, 0.25) is 0 Å². The highest BCUT2D eigenvalue weighted by Gasteiger charge is 2.26. The summed E-state index contributed by atoms with van der Waals surface area (Å²) in [6.07, 6.45) is 4.02. The van der Waals surface area contributed by atoms with Crippen molar-refractivity contribution in [2.45, 2.75) is 18.9 Å². The lowest BCUT2D eigenvalue weighted by Gasteiger charge is -2.38. The van der Waals surface area contributed by atoms with E-state index >= 15 is 0 Å². The van der Waals surface area contributed by atoms with Crippen molar-refractivity contribution in [2.24, 2.45) is 0 Å². The van der Waals surface area contributed by atoms with Crippen molar-refractivity contribution in [2.75, 3.05) is 25.2 Å². The first-order valence-corrected chi connectivity index (χ1v) is 8.10. The van der Waals surface area contributed by atoms with Gasteiger partial charge in [-0.05, 0) is 48.2 Å². The molecule has 0 fully saturated rings. The van der Waals surface area contributed by atoms with E-state index in [1.165, 1.54) is 16.8 Å². The standard InChI is InChI=1S/C20H23NO2/c1-23-18-10-5-7-16(15-18)19-11-6-13-21(20(19)12-14-22)17-8-3-2-4-9-17/h2-5,7-11,15,20,22H,6,12-14H2,1H3. The molecule has 3 nitrogen and oxygen atoms in total. The molecule has 0 radical (unpaired) electrons. The number of hydrogen-bond acceptors (Lipinski definition) is 3. The quantitative estimate of drug-likeness (QED) is 0.913. The van der Waals surface area contributed by atoms with Crippen molar-refractivity contribution in [3.05, 3.63) is 66.2 Å². The minimum absolute atomic E-state index is 0.176. The minimum atomic E-state index is 0.176. The van der Waals surface area contributed by atoms with Gasteiger partial charge in [-0.3, -0.25) is 0 Å². The van der Waals surface area contributed by atoms with E-state index in [1.54, 1.807) is 7.11 Å². The Kier molecular flexibility index (Phi) is 4.99. The predicted molar refractivity (Wildman–Crippen MR) is 94.9 cm³/mol. The summed E-state index contributed by atoms with van der Waals surface area (Å²) in [5, 5.41) is 9.57. The van der Waals surface area contributed by atoms with Crippen LogP contribution in [0.5, 0.6) is 5.75 Å². The summed E-state index contributed by atoms with van der Waals surface area (Å²) in [7, 11) is 1.69. The first kappa shape index (κ1) is 15.6. The van der Waals surface area contributed by atoms with E-state index in [4.69, 9.17) is 4.74 Å². The molecule has 1 aliphatic rings. The second-order valence-corrected chi connectivity index (χ2v) is 5.74. The van der Waals surface area contributed by atoms with Gasteiger partial charge in [0.25, 0.3) is 0 Å². The number of anilines is 1. The zero-order valence-electron chi connectivity index (χ0n) is 13.5. The molecular weight excluding hydrogens is 286 g/mol. The molecule has 1 N–H and O–H groups in total. The lowest BCUT2D eigenvalue weighted by atomic mass is 9.90. The van der Waals surface area contributed by atoms with E-state index in [0.717, 1.165) is 25.1 Å². The predicted octanol–water partition coefficient (Wildman–Crippen LogP) is 3.74. The number of methoxy groups -OCH3 is 1. The van der Waals surface area contributed by atoms with Crippen LogP contribution in [0.25, 0.3) is 5.57 Å². The zero-order chi connectivity index (χ0) is 16.1. The fourth-order valence-corrected chi connectivity index (χ4v) is 3.29. The van der Waals surface area contributed by atoms with Crippen LogP contribution in [-0.2, 0) is 0 Å². The van der Waals surface area contributed by atoms with Gasteiger partial charge in [-0.15, -0.1) is 0 Å². The van der Waals surface area contributed by atoms with Crippen molar-refractivity contribution >= 4 is 11.3 Å². The third-order valence-electron chi connectivity index (χ3n) is 4.36. The third kappa shape index (κ3) is 3.40. The van der Waals surface area contributed by atoms with Gasteiger partial charge in [0.1, 0.15) is 5.75 Å². The first-order valence-electron chi connectivity index (χ1n) is 8.10. The van der Waals surface area contributed by atoms with Crippen LogP contribution in [-0.4, -0.2) is 31.4 Å². The molecular formula is C20H23NO2. The number of nitrogens with zero attached hydrogens (tertiary/aromatic N) is 1. The molecule has 0 bridgehead atoms. The highest BCUT2D eigenvalue weighted by Crippen LogP contribution is 2.33. The van der Waals surface area contributed by atoms with Crippen molar-refractivity contribution in [3.63, 3.8) is 0 Å². The minimum Gasteiger partial charge on any atom is -0.497 e. The maximum Gasteiger partial charge on any atom is 0.119 e. The number of hydrogen-bond donors (Lipinski definition) is 1. The van der Waals surface area contributed by atoms with Crippen LogP contribution >= 0.6 is 0 Å². The van der Waals surface area contributed by atoms with E-state index < -0.39 is 0 Å². The largest absolute Gasteiger partial charge is 0.497 e. The molecule has 23 heavy (non-hydrogen) atoms. The van der Waals surface area contributed by atoms with Gasteiger partial charge >= 0.3 is 0 Å². The summed E-state index contributed by atoms with van der Waals surface area (Å²) >= 11 is 0. The van der Waals surface area contributed by atoms with Gasteiger partial charge in [-0.25, -0.2) is 0 Å². The Labute approximate surface area is 137 Å². The first-order chi connectivity index (χ1) is 11.3. The molecule has 0 amide bonds. The fraction of sp³-hybridized carbons (Fsp3) is 0.300. The molecule has 2 aromatic carbocycles. The molecule has 0 saturated heterocycles. The summed E-state index contributed by atoms with van der Waals surface area (Å²) in [6.45, 7) is 1.15. The molecule has 1 unspecified atom stereocenters. The van der Waals surface area contributed by atoms with Crippen molar-refractivity contribution in [1.82, 2.24) is 0 Å². The molecule has 2 aromatic rings. The molecule has 0 aliphatic carbocycles. The molecule has 1 atom stereocenters. The van der Waals surface area contributed by atoms with Gasteiger partial charge in [0.15, 0.2) is 0 Å². The Morgan fingerprint density at radius 1 is 1.13 bits per heavy atom. The van der Waals surface area contributed by atoms with Crippen LogP contribution in [0.15, 0.2) is 60.7 Å². The Balaban J connectivity index is 1.96. The number of benzene rings is 2. The topological polar surface area (TPSA) is 32.7 Å². The normalized spacial score (nSPS) is 17.7. The fourth-order valence-electron chi connectivity index (χ4n) is 3.29. The molecule has 0 aromatic heterocycles. The smallest absolute Gasteiger partial charge is 0.119 e. The molecule has 3 rings (SSSR count). The summed E-state index contributed by atoms with van der Waals surface area (Å²) in [5.41, 5.74) is 3.65. The highest BCUT2D eigenvalue weighted by atomic mass is 16.5. The van der Waals surface area contributed by atoms with Gasteiger partial charge in [0.05, 0.1) is 13.2 Å². The number of aliphatic hydroxyl groups excluding tert-OH is 1. The number of para-hydroxylation sites is 1. The molecule has 1 heterocycles. The summed E-state index contributed by atoms with van der Waals surface area (Å²) in [5.74, 6) is 0.864. The SMILES string of the molecule is COc1cccc(C2=CCCN(c3ccccc3)C2CCO)c1. The van der Waals surface area contributed by atoms with Crippen molar-refractivity contribution in [1.29, 1.82) is 0 Å². The lowest BCUT2D eigenvalue weighted by Crippen LogP contribution is -2.40. The summed E-state index contributed by atoms with van der Waals surface area (Å²) in [6, 6.07) is 18.8. The van der Waals surface area contributed by atoms with Crippen LogP contribution in [0.1, 0.15) is 18.4 Å². The Bertz CT molecular complexity index is 666. The van der Waals surface area contributed by atoms with Crippen LogP contribution in [0.2, 0.25) is 0 Å². The maximum atomic E-state index is 9.57. The zero-order valence-corrected chi connectivity index (χ0v) is 13.5. The lowest BCUT2D eigenvalue weighted by molar-refractivity contribution is 0.281. The molecule has 0 spiro atoms. The molecule has 1 aliphatic heterocycles. The highest BCUT2D eigenvalue weighted by molar-refractivity contribution is 5.75. The Morgan fingerprint density at radius 3 is 2.70 bits per heavy atom. The average Bonchev–Trinajstić information content (AvgIpc) is 2.63. The maximum absolute atomic E-state index is 9.57. The van der Waals surface area contributed by atoms with Gasteiger partial charge in [0, 0.05) is 18.8 Å². The van der Waals surface area contributed by atoms with Crippen LogP contribution in [0, 0.1) is 0 Å². The van der Waals surface area contributed by atoms with Gasteiger partial charge in [-0.1, -0.05) is 36.4 Å². The third-order valence-corrected chi connectivity index (χ3v) is 4.36. The van der Waals surface area contributed by atoms with E-state index in [0.29, 0.717) is 0 Å². The van der Waals surface area contributed by atoms with E-state index in [1.807, 2.05) is 18.2 Å². The molecule has 120 valence electrons. The number of ether oxygens (including phenoxy) is 1. The number of rotatable bonds is 5. The monoisotopic (exact) mass is 309 g/mol. The second-order valence-electron chi connectivity index (χ2n) is 5.74. The molecule has 3 heteroatoms. The van der Waals surface area contributed by atoms with Crippen molar-refractivity contribution < 1.29 is 9.84 Å². The number of aliphatic hydroxyl groups is 1. The summed E-state index contributed by atoms with van der Waals surface area (Å²) < 4.78 is 5.36.